The van der Waals surface area contributed by atoms with Gasteiger partial charge in [-0.25, -0.2) is 14.8 Å². The summed E-state index contributed by atoms with van der Waals surface area (Å²) in [6.45, 7) is 3.49. The molecule has 0 radical (unpaired) electrons. The van der Waals surface area contributed by atoms with Crippen LogP contribution in [-0.4, -0.2) is 56.6 Å². The van der Waals surface area contributed by atoms with E-state index in [9.17, 15) is 19.2 Å². The second kappa shape index (κ2) is 19.7. The average Bonchev–Trinajstić information content (AvgIpc) is 2.84. The first-order chi connectivity index (χ1) is 17.7. The third-order valence-electron chi connectivity index (χ3n) is 5.09. The van der Waals surface area contributed by atoms with Crippen molar-refractivity contribution < 1.29 is 28.7 Å². The standard InChI is InChI=1S/C26H33N5O6.3ClH/c1-18-13-14-21(23(16-18)37-15-8-6-7-12-24(34)29-30(3)4)31(28-19(2)33)26(35)20-10-9-11-22(36-5)25(20)27-17-32;;;/h9-11,13-14,16H,6-8,12,15H2,1-5H3,(H,28,33)(H,29,34);3*1H. The highest BCUT2D eigenvalue weighted by molar-refractivity contribution is 6.11. The number of isocyanates is 1. The molecule has 0 saturated carbocycles. The van der Waals surface area contributed by atoms with Gasteiger partial charge in [0, 0.05) is 27.4 Å². The molecule has 11 nitrogen and oxygen atoms in total. The van der Waals surface area contributed by atoms with E-state index in [1.807, 2.05) is 6.92 Å². The Balaban J connectivity index is 0. The maximum atomic E-state index is 13.6. The summed E-state index contributed by atoms with van der Waals surface area (Å²) >= 11 is 0. The molecule has 2 aromatic rings. The molecule has 0 saturated heterocycles. The molecule has 0 unspecified atom stereocenters. The number of benzene rings is 2. The topological polar surface area (TPSA) is 130 Å². The van der Waals surface area contributed by atoms with E-state index in [0.717, 1.165) is 17.0 Å². The SMILES string of the molecule is COc1cccc(C(=O)N(NC(C)=O)c2ccc(C)cc2OCCCCCC(=O)NN(C)C)c1N=C=O.Cl.Cl.Cl. The minimum atomic E-state index is -0.649. The largest absolute Gasteiger partial charge is 0.494 e. The number of para-hydroxylation sites is 1. The Labute approximate surface area is 252 Å². The van der Waals surface area contributed by atoms with Crippen LogP contribution in [0.3, 0.4) is 0 Å². The van der Waals surface area contributed by atoms with Crippen LogP contribution in [0.2, 0.25) is 0 Å². The molecule has 0 fully saturated rings. The molecule has 2 N–H and O–H groups in total. The van der Waals surface area contributed by atoms with Crippen LogP contribution in [0.25, 0.3) is 0 Å². The van der Waals surface area contributed by atoms with Gasteiger partial charge >= 0.3 is 0 Å². The first-order valence-electron chi connectivity index (χ1n) is 11.7. The van der Waals surface area contributed by atoms with E-state index in [1.54, 1.807) is 49.4 Å². The summed E-state index contributed by atoms with van der Waals surface area (Å²) in [7, 11) is 4.90. The first kappa shape index (κ1) is 38.8. The smallest absolute Gasteiger partial charge is 0.279 e. The molecular weight excluding hydrogens is 585 g/mol. The number of ether oxygens (including phenoxy) is 2. The molecule has 3 amide bonds. The fourth-order valence-electron chi connectivity index (χ4n) is 3.49. The van der Waals surface area contributed by atoms with Crippen LogP contribution in [-0.2, 0) is 14.4 Å². The van der Waals surface area contributed by atoms with E-state index in [0.29, 0.717) is 37.3 Å². The number of hydrogen-bond donors (Lipinski definition) is 2. The van der Waals surface area contributed by atoms with Crippen LogP contribution >= 0.6 is 37.2 Å². The van der Waals surface area contributed by atoms with Gasteiger partial charge < -0.3 is 9.47 Å². The van der Waals surface area contributed by atoms with Gasteiger partial charge in [0.2, 0.25) is 17.9 Å². The lowest BCUT2D eigenvalue weighted by Gasteiger charge is -2.26. The van der Waals surface area contributed by atoms with Gasteiger partial charge in [-0.3, -0.25) is 25.2 Å². The monoisotopic (exact) mass is 619 g/mol. The summed E-state index contributed by atoms with van der Waals surface area (Å²) < 4.78 is 11.2. The third kappa shape index (κ3) is 11.8. The molecule has 0 aliphatic heterocycles. The van der Waals surface area contributed by atoms with Crippen LogP contribution in [0, 0.1) is 6.92 Å². The quantitative estimate of drug-likeness (QED) is 0.155. The summed E-state index contributed by atoms with van der Waals surface area (Å²) in [5.74, 6) is -0.595. The molecule has 14 heteroatoms. The van der Waals surface area contributed by atoms with Crippen LogP contribution in [0.15, 0.2) is 41.4 Å². The Morgan fingerprint density at radius 1 is 0.975 bits per heavy atom. The number of carbonyl (C=O) groups excluding carboxylic acids is 4. The second-order valence-electron chi connectivity index (χ2n) is 8.43. The fourth-order valence-corrected chi connectivity index (χ4v) is 3.49. The maximum absolute atomic E-state index is 13.6. The van der Waals surface area contributed by atoms with E-state index in [-0.39, 0.29) is 60.1 Å². The van der Waals surface area contributed by atoms with E-state index in [1.165, 1.54) is 26.2 Å². The molecule has 0 aliphatic carbocycles. The number of anilines is 1. The number of aryl methyl sites for hydroxylation is 1. The van der Waals surface area contributed by atoms with Crippen LogP contribution in [0.5, 0.6) is 11.5 Å². The molecule has 2 rings (SSSR count). The molecule has 2 aromatic carbocycles. The number of rotatable bonds is 12. The number of nitrogens with zero attached hydrogens (tertiary/aromatic N) is 3. The van der Waals surface area contributed by atoms with Crippen molar-refractivity contribution in [3.63, 3.8) is 0 Å². The van der Waals surface area contributed by atoms with Crippen molar-refractivity contribution in [2.24, 2.45) is 4.99 Å². The van der Waals surface area contributed by atoms with E-state index in [4.69, 9.17) is 9.47 Å². The Morgan fingerprint density at radius 2 is 1.68 bits per heavy atom. The Morgan fingerprint density at radius 3 is 2.27 bits per heavy atom. The lowest BCUT2D eigenvalue weighted by atomic mass is 10.1. The van der Waals surface area contributed by atoms with Crippen molar-refractivity contribution in [3.05, 3.63) is 47.5 Å². The molecule has 0 atom stereocenters. The predicted octanol–water partition coefficient (Wildman–Crippen LogP) is 4.47. The number of unbranched alkanes of at least 4 members (excludes halogenated alkanes) is 2. The Kier molecular flexibility index (Phi) is 19.1. The van der Waals surface area contributed by atoms with Gasteiger partial charge in [0.15, 0.2) is 0 Å². The van der Waals surface area contributed by atoms with Crippen LogP contribution in [0.4, 0.5) is 11.4 Å². The molecule has 0 bridgehead atoms. The minimum Gasteiger partial charge on any atom is -0.494 e. The van der Waals surface area contributed by atoms with Gasteiger partial charge in [-0.1, -0.05) is 12.1 Å². The number of methoxy groups -OCH3 is 1. The average molecular weight is 621 g/mol. The zero-order valence-corrected chi connectivity index (χ0v) is 25.5. The molecule has 40 heavy (non-hydrogen) atoms. The Bertz CT molecular complexity index is 1180. The lowest BCUT2D eigenvalue weighted by Crippen LogP contribution is -2.46. The fraction of sp³-hybridized carbons (Fsp3) is 0.385. The predicted molar refractivity (Wildman–Crippen MR) is 160 cm³/mol. The van der Waals surface area contributed by atoms with Gasteiger partial charge in [0.25, 0.3) is 5.91 Å². The maximum Gasteiger partial charge on any atom is 0.279 e. The van der Waals surface area contributed by atoms with Gasteiger partial charge in [-0.2, -0.15) is 4.99 Å². The molecule has 0 aromatic heterocycles. The lowest BCUT2D eigenvalue weighted by molar-refractivity contribution is -0.125. The Hall–Kier alpha value is -3.34. The van der Waals surface area contributed by atoms with Crippen molar-refractivity contribution in [1.29, 1.82) is 0 Å². The highest BCUT2D eigenvalue weighted by atomic mass is 35.5. The van der Waals surface area contributed by atoms with Crippen LogP contribution in [0.1, 0.15) is 48.5 Å². The first-order valence-corrected chi connectivity index (χ1v) is 11.7. The molecule has 0 heterocycles. The van der Waals surface area contributed by atoms with Gasteiger partial charge in [0.1, 0.15) is 22.9 Å². The highest BCUT2D eigenvalue weighted by Crippen LogP contribution is 2.35. The number of amides is 3. The molecule has 0 spiro atoms. The second-order valence-corrected chi connectivity index (χ2v) is 8.43. The number of carbonyl (C=O) groups is 3. The number of halogens is 3. The molecule has 0 aliphatic rings. The normalized spacial score (nSPS) is 9.55. The van der Waals surface area contributed by atoms with Gasteiger partial charge in [-0.15, -0.1) is 37.2 Å². The van der Waals surface area contributed by atoms with E-state index < -0.39 is 11.8 Å². The molecular formula is C26H36Cl3N5O6. The van der Waals surface area contributed by atoms with Crippen molar-refractivity contribution >= 4 is 72.4 Å². The summed E-state index contributed by atoms with van der Waals surface area (Å²) in [6, 6.07) is 9.80. The zero-order valence-electron chi connectivity index (χ0n) is 23.0. The molecule has 222 valence electrons. The number of aliphatic imine (C=N–C) groups is 1. The van der Waals surface area contributed by atoms with Crippen LogP contribution < -0.4 is 25.3 Å². The number of hydrogen-bond acceptors (Lipinski definition) is 8. The summed E-state index contributed by atoms with van der Waals surface area (Å²) in [5.41, 5.74) is 6.45. The van der Waals surface area contributed by atoms with E-state index in [2.05, 4.69) is 15.8 Å². The minimum absolute atomic E-state index is 0. The number of nitrogens with one attached hydrogen (secondary N) is 2. The highest BCUT2D eigenvalue weighted by Gasteiger charge is 2.26. The van der Waals surface area contributed by atoms with Gasteiger partial charge in [-0.05, 0) is 56.0 Å². The van der Waals surface area contributed by atoms with Crippen molar-refractivity contribution in [3.8, 4) is 11.5 Å². The third-order valence-corrected chi connectivity index (χ3v) is 5.09. The van der Waals surface area contributed by atoms with Crippen molar-refractivity contribution in [2.45, 2.75) is 39.5 Å². The summed E-state index contributed by atoms with van der Waals surface area (Å²) in [5, 5.41) is 2.66. The summed E-state index contributed by atoms with van der Waals surface area (Å²) in [6.07, 6.45) is 4.01. The van der Waals surface area contributed by atoms with E-state index >= 15 is 0 Å². The summed E-state index contributed by atoms with van der Waals surface area (Å²) in [4.78, 5) is 52.1. The van der Waals surface area contributed by atoms with Gasteiger partial charge in [0.05, 0.1) is 19.3 Å². The zero-order chi connectivity index (χ0) is 27.4. The number of hydrazine groups is 2. The van der Waals surface area contributed by atoms with Crippen molar-refractivity contribution in [2.75, 3.05) is 32.8 Å². The van der Waals surface area contributed by atoms with Crippen molar-refractivity contribution in [1.82, 2.24) is 15.9 Å².